The summed E-state index contributed by atoms with van der Waals surface area (Å²) in [5.74, 6) is -0.182. The van der Waals surface area contributed by atoms with Crippen LogP contribution in [0.2, 0.25) is 0 Å². The summed E-state index contributed by atoms with van der Waals surface area (Å²) in [7, 11) is -3.75. The fourth-order valence-electron chi connectivity index (χ4n) is 2.85. The molecule has 3 rings (SSSR count). The molecule has 136 valence electrons. The summed E-state index contributed by atoms with van der Waals surface area (Å²) >= 11 is 3.41. The summed E-state index contributed by atoms with van der Waals surface area (Å²) in [4.78, 5) is 0.163. The quantitative estimate of drug-likeness (QED) is 0.616. The van der Waals surface area contributed by atoms with Gasteiger partial charge in [0.1, 0.15) is 0 Å². The van der Waals surface area contributed by atoms with Crippen LogP contribution < -0.4 is 4.72 Å². The Hall–Kier alpha value is -1.73. The molecule has 2 atom stereocenters. The van der Waals surface area contributed by atoms with E-state index in [1.165, 1.54) is 0 Å². The third-order valence-corrected chi connectivity index (χ3v) is 7.09. The molecule has 0 radical (unpaired) electrons. The minimum absolute atomic E-state index is 0.0579. The molecule has 0 aliphatic rings. The first-order chi connectivity index (χ1) is 12.4. The van der Waals surface area contributed by atoms with Gasteiger partial charge in [-0.15, -0.1) is 0 Å². The van der Waals surface area contributed by atoms with Crippen LogP contribution in [0.5, 0.6) is 0 Å². The van der Waals surface area contributed by atoms with Gasteiger partial charge in [-0.3, -0.25) is 0 Å². The van der Waals surface area contributed by atoms with E-state index in [1.54, 1.807) is 12.1 Å². The smallest absolute Gasteiger partial charge is 0.241 e. The second-order valence-corrected chi connectivity index (χ2v) is 8.75. The monoisotopic (exact) mass is 433 g/mol. The van der Waals surface area contributed by atoms with Crippen molar-refractivity contribution in [3.8, 4) is 0 Å². The van der Waals surface area contributed by atoms with E-state index in [1.807, 2.05) is 61.5 Å². The number of aliphatic hydroxyl groups excluding tert-OH is 1. The minimum Gasteiger partial charge on any atom is -0.391 e. The number of benzene rings is 3. The van der Waals surface area contributed by atoms with Crippen molar-refractivity contribution in [1.29, 1.82) is 0 Å². The molecule has 0 heterocycles. The zero-order valence-electron chi connectivity index (χ0n) is 14.3. The molecule has 0 bridgehead atoms. The van der Waals surface area contributed by atoms with Crippen LogP contribution in [0, 0.1) is 0 Å². The maximum Gasteiger partial charge on any atom is 0.241 e. The normalized spacial score (nSPS) is 14.3. The Morgan fingerprint density at radius 3 is 2.38 bits per heavy atom. The predicted octanol–water partition coefficient (Wildman–Crippen LogP) is 4.05. The number of rotatable bonds is 6. The average molecular weight is 434 g/mol. The van der Waals surface area contributed by atoms with E-state index >= 15 is 0 Å². The Morgan fingerprint density at radius 1 is 1.00 bits per heavy atom. The minimum atomic E-state index is -3.75. The molecule has 0 aliphatic heterocycles. The molecule has 4 nitrogen and oxygen atoms in total. The fourth-order valence-corrected chi connectivity index (χ4v) is 5.12. The van der Waals surface area contributed by atoms with Gasteiger partial charge in [-0.1, -0.05) is 67.6 Å². The van der Waals surface area contributed by atoms with Crippen LogP contribution in [0.3, 0.4) is 0 Å². The van der Waals surface area contributed by atoms with Crippen LogP contribution >= 0.6 is 15.9 Å². The Balaban J connectivity index is 1.78. The Kier molecular flexibility index (Phi) is 5.77. The molecule has 6 heteroatoms. The third kappa shape index (κ3) is 3.99. The van der Waals surface area contributed by atoms with Gasteiger partial charge in [0.05, 0.1) is 11.0 Å². The Labute approximate surface area is 162 Å². The molecular weight excluding hydrogens is 414 g/mol. The molecule has 0 fully saturated rings. The lowest BCUT2D eigenvalue weighted by Gasteiger charge is -2.20. The van der Waals surface area contributed by atoms with Crippen LogP contribution in [0.4, 0.5) is 0 Å². The zero-order chi connectivity index (χ0) is 18.7. The highest BCUT2D eigenvalue weighted by Crippen LogP contribution is 2.30. The van der Waals surface area contributed by atoms with Crippen molar-refractivity contribution in [2.24, 2.45) is 0 Å². The number of hydrogen-bond acceptors (Lipinski definition) is 3. The van der Waals surface area contributed by atoms with E-state index in [0.29, 0.717) is 4.47 Å². The molecule has 3 aromatic rings. The third-order valence-electron chi connectivity index (χ3n) is 4.50. The first kappa shape index (κ1) is 19.0. The van der Waals surface area contributed by atoms with Crippen LogP contribution in [0.1, 0.15) is 18.4 Å². The number of aliphatic hydroxyl groups is 1. The Bertz CT molecular complexity index is 1010. The Morgan fingerprint density at radius 2 is 1.65 bits per heavy atom. The molecule has 0 spiro atoms. The van der Waals surface area contributed by atoms with Gasteiger partial charge in [0.25, 0.3) is 0 Å². The van der Waals surface area contributed by atoms with Gasteiger partial charge >= 0.3 is 0 Å². The summed E-state index contributed by atoms with van der Waals surface area (Å²) in [5.41, 5.74) is 0.964. The number of fused-ring (bicyclic) bond motifs is 1. The van der Waals surface area contributed by atoms with Gasteiger partial charge in [0, 0.05) is 16.9 Å². The highest BCUT2D eigenvalue weighted by Gasteiger charge is 2.22. The summed E-state index contributed by atoms with van der Waals surface area (Å²) in [6, 6.07) is 20.4. The first-order valence-electron chi connectivity index (χ1n) is 8.30. The zero-order valence-corrected chi connectivity index (χ0v) is 16.7. The summed E-state index contributed by atoms with van der Waals surface area (Å²) < 4.78 is 28.5. The van der Waals surface area contributed by atoms with Gasteiger partial charge in [-0.05, 0) is 38.3 Å². The lowest BCUT2D eigenvalue weighted by Crippen LogP contribution is -2.35. The molecule has 2 unspecified atom stereocenters. The van der Waals surface area contributed by atoms with E-state index in [2.05, 4.69) is 20.7 Å². The average Bonchev–Trinajstić information content (AvgIpc) is 2.66. The van der Waals surface area contributed by atoms with Crippen molar-refractivity contribution in [2.75, 3.05) is 6.54 Å². The summed E-state index contributed by atoms with van der Waals surface area (Å²) in [5, 5.41) is 12.2. The van der Waals surface area contributed by atoms with Gasteiger partial charge in [-0.2, -0.15) is 0 Å². The van der Waals surface area contributed by atoms with E-state index in [0.717, 1.165) is 16.3 Å². The highest BCUT2D eigenvalue weighted by molar-refractivity contribution is 9.10. The van der Waals surface area contributed by atoms with Gasteiger partial charge in [-0.25, -0.2) is 13.1 Å². The van der Waals surface area contributed by atoms with Crippen LogP contribution in [0.15, 0.2) is 76.1 Å². The number of halogens is 1. The number of hydrogen-bond donors (Lipinski definition) is 2. The first-order valence-corrected chi connectivity index (χ1v) is 10.6. The topological polar surface area (TPSA) is 66.4 Å². The van der Waals surface area contributed by atoms with Crippen molar-refractivity contribution in [3.63, 3.8) is 0 Å². The number of sulfonamides is 1. The van der Waals surface area contributed by atoms with Crippen LogP contribution in [-0.2, 0) is 10.0 Å². The number of nitrogens with one attached hydrogen (secondary N) is 1. The maximum atomic E-state index is 12.7. The van der Waals surface area contributed by atoms with Crippen molar-refractivity contribution >= 4 is 36.7 Å². The molecule has 0 saturated heterocycles. The van der Waals surface area contributed by atoms with Crippen molar-refractivity contribution in [1.82, 2.24) is 4.72 Å². The standard InChI is InChI=1S/C20H20BrNO3S/c1-14(15-7-3-2-4-8-15)18(23)13-22-26(24,25)19-12-11-16-9-5-6-10-17(16)20(19)21/h2-12,14,18,22-23H,13H2,1H3. The van der Waals surface area contributed by atoms with Crippen LogP contribution in [0.25, 0.3) is 10.8 Å². The highest BCUT2D eigenvalue weighted by atomic mass is 79.9. The fraction of sp³-hybridized carbons (Fsp3) is 0.200. The molecule has 26 heavy (non-hydrogen) atoms. The second-order valence-electron chi connectivity index (χ2n) is 6.22. The largest absolute Gasteiger partial charge is 0.391 e. The maximum absolute atomic E-state index is 12.7. The lowest BCUT2D eigenvalue weighted by molar-refractivity contribution is 0.153. The molecule has 2 N–H and O–H groups in total. The second kappa shape index (κ2) is 7.88. The molecule has 0 amide bonds. The molecule has 0 aromatic heterocycles. The molecular formula is C20H20BrNO3S. The SMILES string of the molecule is CC(c1ccccc1)C(O)CNS(=O)(=O)c1ccc2ccccc2c1Br. The molecule has 0 saturated carbocycles. The van der Waals surface area contributed by atoms with Crippen LogP contribution in [-0.4, -0.2) is 26.2 Å². The van der Waals surface area contributed by atoms with E-state index < -0.39 is 16.1 Å². The van der Waals surface area contributed by atoms with E-state index in [9.17, 15) is 13.5 Å². The van der Waals surface area contributed by atoms with Gasteiger partial charge in [0.15, 0.2) is 0 Å². The summed E-state index contributed by atoms with van der Waals surface area (Å²) in [6.07, 6.45) is -0.827. The molecule has 0 aliphatic carbocycles. The summed E-state index contributed by atoms with van der Waals surface area (Å²) in [6.45, 7) is 1.82. The molecule has 3 aromatic carbocycles. The predicted molar refractivity (Wildman–Crippen MR) is 108 cm³/mol. The van der Waals surface area contributed by atoms with Crippen molar-refractivity contribution in [3.05, 3.63) is 76.8 Å². The van der Waals surface area contributed by atoms with E-state index in [4.69, 9.17) is 0 Å². The van der Waals surface area contributed by atoms with Crippen molar-refractivity contribution in [2.45, 2.75) is 23.8 Å². The lowest BCUT2D eigenvalue weighted by atomic mass is 9.96. The van der Waals surface area contributed by atoms with Crippen molar-refractivity contribution < 1.29 is 13.5 Å². The van der Waals surface area contributed by atoms with Gasteiger partial charge in [0.2, 0.25) is 10.0 Å². The van der Waals surface area contributed by atoms with Gasteiger partial charge < -0.3 is 5.11 Å². The van der Waals surface area contributed by atoms with E-state index in [-0.39, 0.29) is 17.4 Å².